The van der Waals surface area contributed by atoms with Crippen molar-refractivity contribution in [3.63, 3.8) is 0 Å². The van der Waals surface area contributed by atoms with E-state index >= 15 is 0 Å². The van der Waals surface area contributed by atoms with Crippen molar-refractivity contribution in [3.05, 3.63) is 10.4 Å². The maximum Gasteiger partial charge on any atom is 0.327 e. The summed E-state index contributed by atoms with van der Waals surface area (Å²) in [5.74, 6) is 0.932. The van der Waals surface area contributed by atoms with Gasteiger partial charge in [-0.05, 0) is 44.0 Å². The fraction of sp³-hybridized carbons (Fsp3) is 0.917. The Kier molecular flexibility index (Phi) is 7.05. The van der Waals surface area contributed by atoms with Crippen LogP contribution in [0, 0.1) is 0 Å². The standard InChI is InChI=1S/C12H22N4O2S/c1-3-18-11(17)12(6-4-9-19-10(12)2)14-7-5-8-15-16-13/h10,14H,3-9H2,1-2H3. The van der Waals surface area contributed by atoms with Crippen molar-refractivity contribution >= 4 is 17.7 Å². The van der Waals surface area contributed by atoms with Crippen LogP contribution in [-0.2, 0) is 9.53 Å². The molecule has 19 heavy (non-hydrogen) atoms. The normalized spacial score (nSPS) is 26.5. The van der Waals surface area contributed by atoms with E-state index in [1.54, 1.807) is 11.8 Å². The Balaban J connectivity index is 2.63. The molecule has 0 spiro atoms. The molecule has 7 heteroatoms. The SMILES string of the molecule is CCOC(=O)C1(NCCCN=[N+]=[N-])CCCSC1C. The van der Waals surface area contributed by atoms with Gasteiger partial charge < -0.3 is 10.1 Å². The molecule has 0 saturated carbocycles. The summed E-state index contributed by atoms with van der Waals surface area (Å²) in [5, 5.41) is 7.04. The van der Waals surface area contributed by atoms with Crippen molar-refractivity contribution in [1.82, 2.24) is 5.32 Å². The summed E-state index contributed by atoms with van der Waals surface area (Å²) in [7, 11) is 0. The largest absolute Gasteiger partial charge is 0.465 e. The first-order valence-electron chi connectivity index (χ1n) is 6.72. The molecule has 0 aromatic carbocycles. The van der Waals surface area contributed by atoms with E-state index < -0.39 is 5.54 Å². The van der Waals surface area contributed by atoms with Gasteiger partial charge in [0.1, 0.15) is 5.54 Å². The molecule has 1 rings (SSSR count). The van der Waals surface area contributed by atoms with E-state index in [2.05, 4.69) is 22.3 Å². The second-order valence-corrected chi connectivity index (χ2v) is 5.99. The number of nitrogens with one attached hydrogen (secondary N) is 1. The molecule has 0 bridgehead atoms. The number of azide groups is 1. The minimum atomic E-state index is -0.588. The molecule has 0 radical (unpaired) electrons. The zero-order chi connectivity index (χ0) is 14.1. The minimum Gasteiger partial charge on any atom is -0.465 e. The maximum atomic E-state index is 12.3. The predicted octanol–water partition coefficient (Wildman–Crippen LogP) is 2.49. The van der Waals surface area contributed by atoms with Crippen molar-refractivity contribution in [2.45, 2.75) is 43.9 Å². The van der Waals surface area contributed by atoms with Crippen LogP contribution in [0.25, 0.3) is 10.4 Å². The first-order valence-corrected chi connectivity index (χ1v) is 7.77. The van der Waals surface area contributed by atoms with Crippen molar-refractivity contribution in [1.29, 1.82) is 0 Å². The lowest BCUT2D eigenvalue weighted by Crippen LogP contribution is -2.60. The molecule has 0 aromatic heterocycles. The molecule has 1 aliphatic heterocycles. The lowest BCUT2D eigenvalue weighted by atomic mass is 9.89. The molecule has 2 atom stereocenters. The molecule has 0 aromatic rings. The fourth-order valence-electron chi connectivity index (χ4n) is 2.29. The van der Waals surface area contributed by atoms with Crippen molar-refractivity contribution in [2.75, 3.05) is 25.4 Å². The summed E-state index contributed by atoms with van der Waals surface area (Å²) in [5.41, 5.74) is 7.64. The first-order chi connectivity index (χ1) is 9.17. The summed E-state index contributed by atoms with van der Waals surface area (Å²) < 4.78 is 5.24. The second-order valence-electron chi connectivity index (χ2n) is 4.54. The molecular formula is C12H22N4O2S. The molecule has 2 unspecified atom stereocenters. The van der Waals surface area contributed by atoms with Crippen LogP contribution in [-0.4, -0.2) is 42.2 Å². The Morgan fingerprint density at radius 3 is 3.11 bits per heavy atom. The topological polar surface area (TPSA) is 87.1 Å². The Labute approximate surface area is 118 Å². The number of ether oxygens (including phenoxy) is 1. The Hall–Kier alpha value is -0.910. The molecule has 6 nitrogen and oxygen atoms in total. The van der Waals surface area contributed by atoms with Gasteiger partial charge in [0, 0.05) is 16.7 Å². The third kappa shape index (κ3) is 4.30. The zero-order valence-electron chi connectivity index (χ0n) is 11.6. The summed E-state index contributed by atoms with van der Waals surface area (Å²) in [6, 6.07) is 0. The Morgan fingerprint density at radius 1 is 1.68 bits per heavy atom. The Bertz CT molecular complexity index is 347. The van der Waals surface area contributed by atoms with Crippen LogP contribution in [0.3, 0.4) is 0 Å². The number of rotatable bonds is 7. The number of hydrogen-bond donors (Lipinski definition) is 1. The lowest BCUT2D eigenvalue weighted by Gasteiger charge is -2.40. The van der Waals surface area contributed by atoms with Gasteiger partial charge in [-0.1, -0.05) is 12.0 Å². The fourth-order valence-corrected chi connectivity index (χ4v) is 3.54. The lowest BCUT2D eigenvalue weighted by molar-refractivity contribution is -0.151. The highest BCUT2D eigenvalue weighted by Gasteiger charge is 2.46. The highest BCUT2D eigenvalue weighted by atomic mass is 32.2. The van der Waals surface area contributed by atoms with Crippen LogP contribution in [0.4, 0.5) is 0 Å². The predicted molar refractivity (Wildman–Crippen MR) is 77.2 cm³/mol. The van der Waals surface area contributed by atoms with Crippen molar-refractivity contribution < 1.29 is 9.53 Å². The van der Waals surface area contributed by atoms with Crippen LogP contribution in [0.1, 0.15) is 33.1 Å². The Morgan fingerprint density at radius 2 is 2.47 bits per heavy atom. The summed E-state index contributed by atoms with van der Waals surface area (Å²) in [6.45, 7) is 5.40. The smallest absolute Gasteiger partial charge is 0.327 e. The van der Waals surface area contributed by atoms with Gasteiger partial charge in [0.25, 0.3) is 0 Å². The van der Waals surface area contributed by atoms with Gasteiger partial charge in [0.05, 0.1) is 6.61 Å². The monoisotopic (exact) mass is 286 g/mol. The van der Waals surface area contributed by atoms with Gasteiger partial charge in [-0.15, -0.1) is 0 Å². The van der Waals surface area contributed by atoms with Crippen LogP contribution in [0.15, 0.2) is 5.11 Å². The number of carbonyl (C=O) groups is 1. The molecule has 108 valence electrons. The van der Waals surface area contributed by atoms with E-state index in [-0.39, 0.29) is 11.2 Å². The van der Waals surface area contributed by atoms with Crippen LogP contribution < -0.4 is 5.32 Å². The van der Waals surface area contributed by atoms with Crippen LogP contribution >= 0.6 is 11.8 Å². The summed E-state index contributed by atoms with van der Waals surface area (Å²) in [4.78, 5) is 15.0. The van der Waals surface area contributed by atoms with Gasteiger partial charge >= 0.3 is 5.97 Å². The van der Waals surface area contributed by atoms with E-state index in [4.69, 9.17) is 10.3 Å². The van der Waals surface area contributed by atoms with Gasteiger partial charge in [0.2, 0.25) is 0 Å². The molecule has 0 amide bonds. The van der Waals surface area contributed by atoms with Gasteiger partial charge in [-0.3, -0.25) is 4.79 Å². The van der Waals surface area contributed by atoms with Crippen molar-refractivity contribution in [2.24, 2.45) is 5.11 Å². The maximum absolute atomic E-state index is 12.3. The van der Waals surface area contributed by atoms with Crippen LogP contribution in [0.5, 0.6) is 0 Å². The molecule has 1 heterocycles. The molecule has 1 saturated heterocycles. The van der Waals surface area contributed by atoms with E-state index in [0.717, 1.165) is 25.0 Å². The summed E-state index contributed by atoms with van der Waals surface area (Å²) in [6.07, 6.45) is 2.54. The first kappa shape index (κ1) is 16.1. The number of thioether (sulfide) groups is 1. The van der Waals surface area contributed by atoms with E-state index in [1.807, 2.05) is 6.92 Å². The molecule has 0 aliphatic carbocycles. The third-order valence-electron chi connectivity index (χ3n) is 3.36. The zero-order valence-corrected chi connectivity index (χ0v) is 12.4. The van der Waals surface area contributed by atoms with Gasteiger partial charge in [0.15, 0.2) is 0 Å². The average Bonchev–Trinajstić information content (AvgIpc) is 2.41. The van der Waals surface area contributed by atoms with Crippen molar-refractivity contribution in [3.8, 4) is 0 Å². The van der Waals surface area contributed by atoms with Gasteiger partial charge in [-0.2, -0.15) is 11.8 Å². The molecule has 1 N–H and O–H groups in total. The number of esters is 1. The van der Waals surface area contributed by atoms with E-state index in [0.29, 0.717) is 19.7 Å². The third-order valence-corrected chi connectivity index (χ3v) is 4.78. The molecule has 1 aliphatic rings. The highest BCUT2D eigenvalue weighted by Crippen LogP contribution is 2.35. The number of hydrogen-bond acceptors (Lipinski definition) is 5. The minimum absolute atomic E-state index is 0.154. The van der Waals surface area contributed by atoms with E-state index in [9.17, 15) is 4.79 Å². The van der Waals surface area contributed by atoms with Gasteiger partial charge in [-0.25, -0.2) is 0 Å². The molecule has 1 fully saturated rings. The summed E-state index contributed by atoms with van der Waals surface area (Å²) >= 11 is 1.80. The number of carbonyl (C=O) groups excluding carboxylic acids is 1. The number of nitrogens with zero attached hydrogens (tertiary/aromatic N) is 3. The quantitative estimate of drug-likeness (QED) is 0.256. The molecular weight excluding hydrogens is 264 g/mol. The van der Waals surface area contributed by atoms with E-state index in [1.165, 1.54) is 0 Å². The highest BCUT2D eigenvalue weighted by molar-refractivity contribution is 8.00. The second kappa shape index (κ2) is 8.30. The average molecular weight is 286 g/mol. The van der Waals surface area contributed by atoms with Crippen LogP contribution in [0.2, 0.25) is 0 Å².